The summed E-state index contributed by atoms with van der Waals surface area (Å²) in [6, 6.07) is 0.725. The normalized spacial score (nSPS) is 15.4. The van der Waals surface area contributed by atoms with Crippen molar-refractivity contribution in [1.82, 2.24) is 15.5 Å². The van der Waals surface area contributed by atoms with Crippen molar-refractivity contribution in [1.29, 1.82) is 0 Å². The molecule has 1 aliphatic rings. The van der Waals surface area contributed by atoms with Gasteiger partial charge in [0.2, 0.25) is 0 Å². The second-order valence-electron chi connectivity index (χ2n) is 5.00. The molecule has 1 fully saturated rings. The fourth-order valence-electron chi connectivity index (χ4n) is 2.34. The van der Waals surface area contributed by atoms with E-state index in [0.29, 0.717) is 13.2 Å². The van der Waals surface area contributed by atoms with E-state index >= 15 is 0 Å². The second-order valence-corrected chi connectivity index (χ2v) is 5.00. The highest BCUT2D eigenvalue weighted by Crippen LogP contribution is 2.09. The molecule has 1 saturated heterocycles. The predicted octanol–water partition coefficient (Wildman–Crippen LogP) is 2.37. The molecule has 23 heavy (non-hydrogen) atoms. The lowest BCUT2D eigenvalue weighted by Gasteiger charge is -2.32. The molecule has 0 aromatic rings. The van der Waals surface area contributed by atoms with Gasteiger partial charge >= 0.3 is 0 Å². The van der Waals surface area contributed by atoms with Gasteiger partial charge in [-0.05, 0) is 39.5 Å². The predicted molar refractivity (Wildman–Crippen MR) is 101 cm³/mol. The minimum atomic E-state index is 0.699. The van der Waals surface area contributed by atoms with E-state index in [4.69, 9.17) is 9.47 Å². The zero-order valence-electron chi connectivity index (χ0n) is 16.6. The van der Waals surface area contributed by atoms with Crippen molar-refractivity contribution in [3.05, 3.63) is 0 Å². The number of hydrogen-bond acceptors (Lipinski definition) is 5. The second kappa shape index (κ2) is 21.8. The number of nitrogens with one attached hydrogen (secondary N) is 2. The molecule has 0 atom stereocenters. The summed E-state index contributed by atoms with van der Waals surface area (Å²) < 4.78 is 11.0. The molecule has 0 saturated carbocycles. The van der Waals surface area contributed by atoms with Crippen LogP contribution in [0.3, 0.4) is 0 Å². The average molecular weight is 334 g/mol. The Labute approximate surface area is 145 Å². The van der Waals surface area contributed by atoms with Crippen molar-refractivity contribution < 1.29 is 9.47 Å². The Morgan fingerprint density at radius 2 is 1.48 bits per heavy atom. The van der Waals surface area contributed by atoms with Crippen LogP contribution < -0.4 is 10.6 Å². The third-order valence-corrected chi connectivity index (χ3v) is 3.50. The highest BCUT2D eigenvalue weighted by atomic mass is 16.5. The van der Waals surface area contributed by atoms with Crippen molar-refractivity contribution in [2.24, 2.45) is 0 Å². The quantitative estimate of drug-likeness (QED) is 0.568. The summed E-state index contributed by atoms with van der Waals surface area (Å²) in [5.41, 5.74) is 0. The summed E-state index contributed by atoms with van der Waals surface area (Å²) in [5, 5.41) is 6.57. The van der Waals surface area contributed by atoms with Crippen molar-refractivity contribution in [2.45, 2.75) is 53.5 Å². The van der Waals surface area contributed by atoms with Crippen molar-refractivity contribution in [2.75, 3.05) is 66.2 Å². The van der Waals surface area contributed by atoms with Crippen LogP contribution in [0.1, 0.15) is 47.5 Å². The molecule has 2 N–H and O–H groups in total. The molecule has 0 aromatic heterocycles. The molecule has 5 nitrogen and oxygen atoms in total. The highest BCUT2D eigenvalue weighted by molar-refractivity contribution is 4.76. The molecular formula is C18H43N3O2. The van der Waals surface area contributed by atoms with E-state index in [1.807, 2.05) is 34.7 Å². The van der Waals surface area contributed by atoms with Gasteiger partial charge in [-0.1, -0.05) is 34.6 Å². The third kappa shape index (κ3) is 16.4. The number of piperidine rings is 1. The summed E-state index contributed by atoms with van der Waals surface area (Å²) in [4.78, 5) is 2.50. The van der Waals surface area contributed by atoms with E-state index in [-0.39, 0.29) is 0 Å². The Kier molecular flexibility index (Phi) is 23.7. The third-order valence-electron chi connectivity index (χ3n) is 3.50. The molecule has 0 bridgehead atoms. The van der Waals surface area contributed by atoms with Crippen LogP contribution in [0.4, 0.5) is 0 Å². The smallest absolute Gasteiger partial charge is 0.0701 e. The Morgan fingerprint density at radius 1 is 0.913 bits per heavy atom. The van der Waals surface area contributed by atoms with E-state index in [9.17, 15) is 0 Å². The molecule has 142 valence electrons. The maximum Gasteiger partial charge on any atom is 0.0701 e. The summed E-state index contributed by atoms with van der Waals surface area (Å²) in [6.45, 7) is 18.6. The molecule has 5 heteroatoms. The van der Waals surface area contributed by atoms with Gasteiger partial charge < -0.3 is 25.0 Å². The molecule has 1 aliphatic heterocycles. The van der Waals surface area contributed by atoms with E-state index in [0.717, 1.165) is 38.9 Å². The van der Waals surface area contributed by atoms with Crippen LogP contribution in [0, 0.1) is 0 Å². The van der Waals surface area contributed by atoms with Gasteiger partial charge in [-0.3, -0.25) is 0 Å². The monoisotopic (exact) mass is 333 g/mol. The van der Waals surface area contributed by atoms with Crippen molar-refractivity contribution in [3.8, 4) is 0 Å². The maximum absolute atomic E-state index is 5.59. The fraction of sp³-hybridized carbons (Fsp3) is 1.00. The molecule has 0 radical (unpaired) electrons. The largest absolute Gasteiger partial charge is 0.378 e. The number of likely N-dealkylation sites (N-methyl/N-ethyl adjacent to an activating group) is 1. The maximum atomic E-state index is 5.59. The minimum Gasteiger partial charge on any atom is -0.378 e. The van der Waals surface area contributed by atoms with Gasteiger partial charge in [-0.2, -0.15) is 0 Å². The lowest BCUT2D eigenvalue weighted by Crippen LogP contribution is -2.43. The van der Waals surface area contributed by atoms with E-state index < -0.39 is 0 Å². The molecule has 0 unspecified atom stereocenters. The lowest BCUT2D eigenvalue weighted by molar-refractivity contribution is 0.0368. The molecule has 0 aliphatic carbocycles. The zero-order valence-corrected chi connectivity index (χ0v) is 16.6. The molecular weight excluding hydrogens is 290 g/mol. The van der Waals surface area contributed by atoms with Gasteiger partial charge in [0.1, 0.15) is 0 Å². The number of ether oxygens (including phenoxy) is 2. The summed E-state index contributed by atoms with van der Waals surface area (Å²) in [6.07, 6.45) is 2.53. The summed E-state index contributed by atoms with van der Waals surface area (Å²) in [7, 11) is 1.93. The van der Waals surface area contributed by atoms with Gasteiger partial charge in [0, 0.05) is 19.1 Å². The van der Waals surface area contributed by atoms with Crippen LogP contribution in [0.2, 0.25) is 0 Å². The SMILES string of the molecule is CC.CC.CCNC1CCN(CCOCCOCCNC)CC1. The lowest BCUT2D eigenvalue weighted by atomic mass is 10.1. The summed E-state index contributed by atoms with van der Waals surface area (Å²) in [5.74, 6) is 0. The molecule has 1 heterocycles. The molecule has 0 aromatic carbocycles. The Hall–Kier alpha value is -0.200. The number of hydrogen-bond donors (Lipinski definition) is 2. The Balaban J connectivity index is 0. The fourth-order valence-corrected chi connectivity index (χ4v) is 2.34. The van der Waals surface area contributed by atoms with Gasteiger partial charge in [-0.15, -0.1) is 0 Å². The number of rotatable bonds is 11. The molecule has 1 rings (SSSR count). The first-order valence-corrected chi connectivity index (χ1v) is 9.62. The van der Waals surface area contributed by atoms with Crippen LogP contribution in [-0.4, -0.2) is 77.1 Å². The highest BCUT2D eigenvalue weighted by Gasteiger charge is 2.17. The van der Waals surface area contributed by atoms with E-state index in [1.54, 1.807) is 0 Å². The van der Waals surface area contributed by atoms with Crippen LogP contribution in [0.15, 0.2) is 0 Å². The topological polar surface area (TPSA) is 45.8 Å². The Bertz CT molecular complexity index is 199. The number of likely N-dealkylation sites (tertiary alicyclic amines) is 1. The molecule has 0 spiro atoms. The van der Waals surface area contributed by atoms with Gasteiger partial charge in [0.15, 0.2) is 0 Å². The first kappa shape index (κ1) is 25.0. The summed E-state index contributed by atoms with van der Waals surface area (Å²) >= 11 is 0. The van der Waals surface area contributed by atoms with E-state index in [1.165, 1.54) is 25.9 Å². The van der Waals surface area contributed by atoms with Crippen LogP contribution in [0.5, 0.6) is 0 Å². The standard InChI is InChI=1S/C14H31N3O2.2C2H6/c1-3-16-14-4-7-17(8-5-14)9-11-19-13-12-18-10-6-15-2;2*1-2/h14-16H,3-13H2,1-2H3;2*1-2H3. The zero-order chi connectivity index (χ0) is 17.8. The Morgan fingerprint density at radius 3 is 2.00 bits per heavy atom. The van der Waals surface area contributed by atoms with Crippen molar-refractivity contribution in [3.63, 3.8) is 0 Å². The van der Waals surface area contributed by atoms with Crippen LogP contribution >= 0.6 is 0 Å². The van der Waals surface area contributed by atoms with Crippen molar-refractivity contribution >= 4 is 0 Å². The van der Waals surface area contributed by atoms with Crippen LogP contribution in [-0.2, 0) is 9.47 Å². The first-order valence-electron chi connectivity index (χ1n) is 9.62. The van der Waals surface area contributed by atoms with Gasteiger partial charge in [-0.25, -0.2) is 0 Å². The van der Waals surface area contributed by atoms with Gasteiger partial charge in [0.05, 0.1) is 26.4 Å². The van der Waals surface area contributed by atoms with E-state index in [2.05, 4.69) is 22.5 Å². The van der Waals surface area contributed by atoms with Crippen LogP contribution in [0.25, 0.3) is 0 Å². The molecule has 0 amide bonds. The average Bonchev–Trinajstić information content (AvgIpc) is 2.62. The minimum absolute atomic E-state index is 0.699. The number of nitrogens with zero attached hydrogens (tertiary/aromatic N) is 1. The first-order chi connectivity index (χ1) is 11.4. The van der Waals surface area contributed by atoms with Gasteiger partial charge in [0.25, 0.3) is 0 Å².